The second-order valence-electron chi connectivity index (χ2n) is 5.28. The number of nitrogens with one attached hydrogen (secondary N) is 1. The number of amides is 2. The minimum Gasteiger partial charge on any atom is -0.493 e. The van der Waals surface area contributed by atoms with Crippen molar-refractivity contribution in [3.63, 3.8) is 0 Å². The Morgan fingerprint density at radius 3 is 2.55 bits per heavy atom. The quantitative estimate of drug-likeness (QED) is 0.889. The number of hydrogen-bond acceptors (Lipinski definition) is 5. The molecule has 2 heterocycles. The van der Waals surface area contributed by atoms with Gasteiger partial charge in [0.2, 0.25) is 5.91 Å². The molecule has 7 nitrogen and oxygen atoms in total. The summed E-state index contributed by atoms with van der Waals surface area (Å²) in [5.74, 6) is 1.22. The third kappa shape index (κ3) is 2.54. The molecular weight excluding hydrogens is 288 g/mol. The lowest BCUT2D eigenvalue weighted by Gasteiger charge is -2.30. The van der Waals surface area contributed by atoms with Crippen LogP contribution in [0.1, 0.15) is 11.1 Å². The predicted molar refractivity (Wildman–Crippen MR) is 76.9 cm³/mol. The van der Waals surface area contributed by atoms with Gasteiger partial charge in [-0.05, 0) is 29.7 Å². The van der Waals surface area contributed by atoms with Gasteiger partial charge < -0.3 is 24.4 Å². The summed E-state index contributed by atoms with van der Waals surface area (Å²) in [5.41, 5.74) is 2.18. The summed E-state index contributed by atoms with van der Waals surface area (Å²) in [5, 5.41) is 2.52. The Labute approximate surface area is 128 Å². The first-order valence-corrected chi connectivity index (χ1v) is 7.08. The lowest BCUT2D eigenvalue weighted by molar-refractivity contribution is -0.134. The molecule has 2 aliphatic rings. The molecule has 2 amide bonds. The van der Waals surface area contributed by atoms with Crippen molar-refractivity contribution in [1.29, 1.82) is 0 Å². The molecule has 2 aliphatic heterocycles. The standard InChI is InChI=1S/C15H18N2O5/c1-20-12-5-9-3-4-17(7-10(9)6-13(12)21-2)14(18)11-8-22-15(19)16-11/h5-6,11H,3-4,7-8H2,1-2H3,(H,16,19). The van der Waals surface area contributed by atoms with Crippen LogP contribution in [0.15, 0.2) is 12.1 Å². The van der Waals surface area contributed by atoms with E-state index in [9.17, 15) is 9.59 Å². The van der Waals surface area contributed by atoms with Gasteiger partial charge in [-0.25, -0.2) is 4.79 Å². The number of nitrogens with zero attached hydrogens (tertiary/aromatic N) is 1. The number of hydrogen-bond donors (Lipinski definition) is 1. The van der Waals surface area contributed by atoms with E-state index in [2.05, 4.69) is 5.32 Å². The maximum atomic E-state index is 12.4. The second kappa shape index (κ2) is 5.75. The number of alkyl carbamates (subject to hydrolysis) is 1. The van der Waals surface area contributed by atoms with E-state index in [0.29, 0.717) is 24.6 Å². The number of carbonyl (C=O) groups is 2. The third-order valence-corrected chi connectivity index (χ3v) is 4.00. The summed E-state index contributed by atoms with van der Waals surface area (Å²) >= 11 is 0. The van der Waals surface area contributed by atoms with Crippen molar-refractivity contribution in [3.05, 3.63) is 23.3 Å². The minimum absolute atomic E-state index is 0.0902. The number of carbonyl (C=O) groups excluding carboxylic acids is 2. The van der Waals surface area contributed by atoms with Crippen molar-refractivity contribution in [2.75, 3.05) is 27.4 Å². The molecule has 0 radical (unpaired) electrons. The van der Waals surface area contributed by atoms with Crippen molar-refractivity contribution in [3.8, 4) is 11.5 Å². The van der Waals surface area contributed by atoms with Crippen LogP contribution in [-0.2, 0) is 22.5 Å². The molecule has 22 heavy (non-hydrogen) atoms. The van der Waals surface area contributed by atoms with Gasteiger partial charge in [0.15, 0.2) is 11.5 Å². The number of ether oxygens (including phenoxy) is 3. The molecule has 0 saturated carbocycles. The fraction of sp³-hybridized carbons (Fsp3) is 0.467. The number of fused-ring (bicyclic) bond motifs is 1. The van der Waals surface area contributed by atoms with Crippen molar-refractivity contribution in [2.24, 2.45) is 0 Å². The number of rotatable bonds is 3. The Morgan fingerprint density at radius 2 is 1.95 bits per heavy atom. The van der Waals surface area contributed by atoms with Gasteiger partial charge in [-0.2, -0.15) is 0 Å². The van der Waals surface area contributed by atoms with Crippen LogP contribution < -0.4 is 14.8 Å². The third-order valence-electron chi connectivity index (χ3n) is 4.00. The average Bonchev–Trinajstić information content (AvgIpc) is 2.98. The molecule has 0 aliphatic carbocycles. The van der Waals surface area contributed by atoms with Crippen molar-refractivity contribution < 1.29 is 23.8 Å². The van der Waals surface area contributed by atoms with E-state index in [0.717, 1.165) is 17.5 Å². The highest BCUT2D eigenvalue weighted by atomic mass is 16.6. The largest absolute Gasteiger partial charge is 0.493 e. The van der Waals surface area contributed by atoms with Crippen LogP contribution in [-0.4, -0.2) is 50.3 Å². The number of cyclic esters (lactones) is 1. The van der Waals surface area contributed by atoms with Gasteiger partial charge in [-0.15, -0.1) is 0 Å². The van der Waals surface area contributed by atoms with Gasteiger partial charge in [0.1, 0.15) is 12.6 Å². The van der Waals surface area contributed by atoms with Crippen molar-refractivity contribution in [2.45, 2.75) is 19.0 Å². The van der Waals surface area contributed by atoms with E-state index in [1.165, 1.54) is 0 Å². The molecular formula is C15H18N2O5. The van der Waals surface area contributed by atoms with Crippen LogP contribution in [0, 0.1) is 0 Å². The first-order chi connectivity index (χ1) is 10.6. The lowest BCUT2D eigenvalue weighted by atomic mass is 9.98. The summed E-state index contributed by atoms with van der Waals surface area (Å²) in [6, 6.07) is 3.27. The molecule has 3 rings (SSSR count). The van der Waals surface area contributed by atoms with E-state index in [-0.39, 0.29) is 12.5 Å². The molecule has 1 N–H and O–H groups in total. The zero-order chi connectivity index (χ0) is 15.7. The highest BCUT2D eigenvalue weighted by Crippen LogP contribution is 2.33. The summed E-state index contributed by atoms with van der Waals surface area (Å²) in [6.45, 7) is 1.18. The topological polar surface area (TPSA) is 77.1 Å². The molecule has 7 heteroatoms. The van der Waals surface area contributed by atoms with E-state index >= 15 is 0 Å². The first-order valence-electron chi connectivity index (χ1n) is 7.08. The van der Waals surface area contributed by atoms with Gasteiger partial charge >= 0.3 is 6.09 Å². The molecule has 0 spiro atoms. The van der Waals surface area contributed by atoms with E-state index in [4.69, 9.17) is 14.2 Å². The Hall–Kier alpha value is -2.44. The number of benzene rings is 1. The van der Waals surface area contributed by atoms with E-state index < -0.39 is 12.1 Å². The molecule has 0 bridgehead atoms. The van der Waals surface area contributed by atoms with Crippen LogP contribution >= 0.6 is 0 Å². The van der Waals surface area contributed by atoms with E-state index in [1.807, 2.05) is 12.1 Å². The van der Waals surface area contributed by atoms with Gasteiger partial charge in [-0.3, -0.25) is 4.79 Å². The Bertz CT molecular complexity index is 616. The van der Waals surface area contributed by atoms with Crippen LogP contribution in [0.2, 0.25) is 0 Å². The molecule has 1 aromatic carbocycles. The van der Waals surface area contributed by atoms with Crippen LogP contribution in [0.25, 0.3) is 0 Å². The second-order valence-corrected chi connectivity index (χ2v) is 5.28. The molecule has 1 unspecified atom stereocenters. The van der Waals surface area contributed by atoms with Gasteiger partial charge in [0.25, 0.3) is 0 Å². The minimum atomic E-state index is -0.589. The van der Waals surface area contributed by atoms with Crippen LogP contribution in [0.5, 0.6) is 11.5 Å². The summed E-state index contributed by atoms with van der Waals surface area (Å²) in [4.78, 5) is 25.2. The first kappa shape index (κ1) is 14.5. The van der Waals surface area contributed by atoms with Gasteiger partial charge in [0.05, 0.1) is 14.2 Å². The smallest absolute Gasteiger partial charge is 0.407 e. The highest BCUT2D eigenvalue weighted by molar-refractivity contribution is 5.88. The summed E-state index contributed by atoms with van der Waals surface area (Å²) in [6.07, 6.45) is 0.199. The zero-order valence-corrected chi connectivity index (χ0v) is 12.5. The maximum Gasteiger partial charge on any atom is 0.407 e. The average molecular weight is 306 g/mol. The molecule has 1 atom stereocenters. The summed E-state index contributed by atoms with van der Waals surface area (Å²) < 4.78 is 15.4. The Morgan fingerprint density at radius 1 is 1.27 bits per heavy atom. The Balaban J connectivity index is 1.78. The molecule has 118 valence electrons. The molecule has 1 aromatic rings. The van der Waals surface area contributed by atoms with Gasteiger partial charge in [0, 0.05) is 13.1 Å². The predicted octanol–water partition coefficient (Wildman–Crippen LogP) is 0.697. The van der Waals surface area contributed by atoms with E-state index in [1.54, 1.807) is 19.1 Å². The van der Waals surface area contributed by atoms with Crippen molar-refractivity contribution in [1.82, 2.24) is 10.2 Å². The maximum absolute atomic E-state index is 12.4. The van der Waals surface area contributed by atoms with Crippen molar-refractivity contribution >= 4 is 12.0 Å². The lowest BCUT2D eigenvalue weighted by Crippen LogP contribution is -2.47. The zero-order valence-electron chi connectivity index (χ0n) is 12.5. The SMILES string of the molecule is COc1cc2c(cc1OC)CN(C(=O)C1COC(=O)N1)CC2. The summed E-state index contributed by atoms with van der Waals surface area (Å²) in [7, 11) is 3.19. The molecule has 1 fully saturated rings. The van der Waals surface area contributed by atoms with Gasteiger partial charge in [-0.1, -0.05) is 0 Å². The fourth-order valence-corrected chi connectivity index (χ4v) is 2.81. The van der Waals surface area contributed by atoms with Crippen LogP contribution in [0.4, 0.5) is 4.79 Å². The monoisotopic (exact) mass is 306 g/mol. The molecule has 1 saturated heterocycles. The molecule has 0 aromatic heterocycles. The number of methoxy groups -OCH3 is 2. The van der Waals surface area contributed by atoms with Crippen LogP contribution in [0.3, 0.4) is 0 Å². The Kier molecular flexibility index (Phi) is 3.79. The fourth-order valence-electron chi connectivity index (χ4n) is 2.81. The highest BCUT2D eigenvalue weighted by Gasteiger charge is 2.33. The normalized spacial score (nSPS) is 20.0.